The number of nitrogens with zero attached hydrogens (tertiary/aromatic N) is 2. The normalized spacial score (nSPS) is 10.9. The number of benzene rings is 1. The number of nitrogens with one attached hydrogen (secondary N) is 1. The number of fused-ring (bicyclic) bond motifs is 1. The maximum atomic E-state index is 12.7. The minimum atomic E-state index is -0.274. The van der Waals surface area contributed by atoms with Crippen molar-refractivity contribution in [1.29, 1.82) is 0 Å². The Labute approximate surface area is 161 Å². The molecule has 1 amide bonds. The zero-order valence-corrected chi connectivity index (χ0v) is 15.9. The molecule has 0 aliphatic carbocycles. The van der Waals surface area contributed by atoms with Crippen molar-refractivity contribution in [1.82, 2.24) is 14.9 Å². The molecule has 2 aromatic heterocycles. The molecule has 7 heteroatoms. The summed E-state index contributed by atoms with van der Waals surface area (Å²) in [7, 11) is 1.58. The Morgan fingerprint density at radius 1 is 1.26 bits per heavy atom. The number of carbonyl (C=O) groups excluding carboxylic acids is 1. The molecule has 0 aliphatic heterocycles. The second-order valence-corrected chi connectivity index (χ2v) is 6.61. The van der Waals surface area contributed by atoms with Gasteiger partial charge in [-0.3, -0.25) is 14.6 Å². The zero-order valence-electron chi connectivity index (χ0n) is 15.2. The van der Waals surface area contributed by atoms with Crippen LogP contribution in [0.3, 0.4) is 0 Å². The first kappa shape index (κ1) is 19.1. The molecule has 0 saturated heterocycles. The topological polar surface area (TPSA) is 73.2 Å². The summed E-state index contributed by atoms with van der Waals surface area (Å²) in [5.41, 5.74) is 2.27. The van der Waals surface area contributed by atoms with Crippen molar-refractivity contribution in [2.24, 2.45) is 0 Å². The quantitative estimate of drug-likeness (QED) is 0.708. The fraction of sp³-hybridized carbons (Fsp3) is 0.250. The molecular formula is C20H20ClN3O3. The lowest BCUT2D eigenvalue weighted by Gasteiger charge is -2.10. The number of pyridine rings is 2. The summed E-state index contributed by atoms with van der Waals surface area (Å²) in [4.78, 5) is 29.7. The Kier molecular flexibility index (Phi) is 5.88. The van der Waals surface area contributed by atoms with Crippen LogP contribution in [-0.2, 0) is 17.8 Å². The van der Waals surface area contributed by atoms with E-state index in [9.17, 15) is 9.59 Å². The third-order valence-electron chi connectivity index (χ3n) is 4.29. The predicted molar refractivity (Wildman–Crippen MR) is 105 cm³/mol. The van der Waals surface area contributed by atoms with Crippen molar-refractivity contribution in [3.8, 4) is 0 Å². The van der Waals surface area contributed by atoms with Crippen LogP contribution >= 0.6 is 11.6 Å². The van der Waals surface area contributed by atoms with Gasteiger partial charge in [0, 0.05) is 31.4 Å². The van der Waals surface area contributed by atoms with Crippen molar-refractivity contribution in [2.45, 2.75) is 20.0 Å². The molecule has 1 aromatic carbocycles. The number of hydrogen-bond donors (Lipinski definition) is 1. The summed E-state index contributed by atoms with van der Waals surface area (Å²) in [5, 5.41) is 3.91. The smallest absolute Gasteiger partial charge is 0.260 e. The summed E-state index contributed by atoms with van der Waals surface area (Å²) in [6.45, 7) is 2.99. The first-order valence-corrected chi connectivity index (χ1v) is 8.90. The average molecular weight is 386 g/mol. The van der Waals surface area contributed by atoms with E-state index in [-0.39, 0.29) is 11.5 Å². The second-order valence-electron chi connectivity index (χ2n) is 6.17. The number of ether oxygens (including phenoxy) is 1. The van der Waals surface area contributed by atoms with Gasteiger partial charge in [0.05, 0.1) is 28.8 Å². The van der Waals surface area contributed by atoms with Gasteiger partial charge in [0.2, 0.25) is 0 Å². The fourth-order valence-corrected chi connectivity index (χ4v) is 2.91. The van der Waals surface area contributed by atoms with E-state index < -0.39 is 0 Å². The van der Waals surface area contributed by atoms with Crippen LogP contribution in [0.15, 0.2) is 47.4 Å². The maximum absolute atomic E-state index is 12.7. The van der Waals surface area contributed by atoms with E-state index in [1.165, 1.54) is 0 Å². The number of carbonyl (C=O) groups is 1. The molecule has 27 heavy (non-hydrogen) atoms. The van der Waals surface area contributed by atoms with E-state index in [0.717, 1.165) is 5.56 Å². The highest BCUT2D eigenvalue weighted by Crippen LogP contribution is 2.14. The lowest BCUT2D eigenvalue weighted by Crippen LogP contribution is -2.26. The van der Waals surface area contributed by atoms with Crippen LogP contribution in [0.4, 0.5) is 0 Å². The highest BCUT2D eigenvalue weighted by atomic mass is 35.5. The first-order chi connectivity index (χ1) is 13.0. The fourth-order valence-electron chi connectivity index (χ4n) is 2.78. The van der Waals surface area contributed by atoms with Gasteiger partial charge in [-0.05, 0) is 36.8 Å². The van der Waals surface area contributed by atoms with Crippen LogP contribution in [-0.4, -0.2) is 29.2 Å². The first-order valence-electron chi connectivity index (χ1n) is 8.52. The van der Waals surface area contributed by atoms with Crippen molar-refractivity contribution < 1.29 is 9.53 Å². The summed E-state index contributed by atoms with van der Waals surface area (Å²) in [5.74, 6) is -0.274. The number of hydrogen-bond acceptors (Lipinski definition) is 4. The molecule has 0 atom stereocenters. The van der Waals surface area contributed by atoms with Crippen LogP contribution in [0.5, 0.6) is 0 Å². The predicted octanol–water partition coefficient (Wildman–Crippen LogP) is 2.93. The van der Waals surface area contributed by atoms with Gasteiger partial charge < -0.3 is 14.6 Å². The zero-order chi connectivity index (χ0) is 19.4. The molecule has 0 fully saturated rings. The van der Waals surface area contributed by atoms with Crippen molar-refractivity contribution >= 4 is 28.4 Å². The van der Waals surface area contributed by atoms with E-state index in [1.54, 1.807) is 49.1 Å². The largest absolute Gasteiger partial charge is 0.383 e. The maximum Gasteiger partial charge on any atom is 0.260 e. The van der Waals surface area contributed by atoms with Crippen molar-refractivity contribution in [3.63, 3.8) is 0 Å². The summed E-state index contributed by atoms with van der Waals surface area (Å²) < 4.78 is 6.58. The molecule has 0 spiro atoms. The molecule has 1 N–H and O–H groups in total. The minimum absolute atomic E-state index is 0.191. The van der Waals surface area contributed by atoms with Crippen molar-refractivity contribution in [2.75, 3.05) is 13.7 Å². The SMILES string of the molecule is COCCn1ccc2nc(C)c(C(=O)NCc3ccc(Cl)cc3)cc2c1=O. The molecule has 0 saturated carbocycles. The number of aryl methyl sites for hydroxylation is 1. The third-order valence-corrected chi connectivity index (χ3v) is 4.55. The van der Waals surface area contributed by atoms with Gasteiger partial charge in [0.15, 0.2) is 0 Å². The lowest BCUT2D eigenvalue weighted by molar-refractivity contribution is 0.0950. The molecule has 0 bridgehead atoms. The molecule has 0 aliphatic rings. The van der Waals surface area contributed by atoms with E-state index in [1.807, 2.05) is 12.1 Å². The molecule has 0 radical (unpaired) electrons. The Morgan fingerprint density at radius 2 is 2.00 bits per heavy atom. The summed E-state index contributed by atoms with van der Waals surface area (Å²) in [6, 6.07) is 10.6. The molecular weight excluding hydrogens is 366 g/mol. The molecule has 3 aromatic rings. The van der Waals surface area contributed by atoms with Gasteiger partial charge in [-0.15, -0.1) is 0 Å². The van der Waals surface area contributed by atoms with Gasteiger partial charge in [-0.2, -0.15) is 0 Å². The average Bonchev–Trinajstić information content (AvgIpc) is 2.66. The van der Waals surface area contributed by atoms with Crippen LogP contribution in [0, 0.1) is 6.92 Å². The monoisotopic (exact) mass is 385 g/mol. The number of halogens is 1. The summed E-state index contributed by atoms with van der Waals surface area (Å²) >= 11 is 5.87. The minimum Gasteiger partial charge on any atom is -0.383 e. The van der Waals surface area contributed by atoms with Crippen LogP contribution in [0.1, 0.15) is 21.6 Å². The van der Waals surface area contributed by atoms with Crippen LogP contribution in [0.25, 0.3) is 10.9 Å². The number of rotatable bonds is 6. The molecule has 140 valence electrons. The van der Waals surface area contributed by atoms with Gasteiger partial charge in [0.25, 0.3) is 11.5 Å². The molecule has 3 rings (SSSR count). The van der Waals surface area contributed by atoms with Crippen LogP contribution in [0.2, 0.25) is 5.02 Å². The van der Waals surface area contributed by atoms with Gasteiger partial charge >= 0.3 is 0 Å². The van der Waals surface area contributed by atoms with E-state index >= 15 is 0 Å². The van der Waals surface area contributed by atoms with Crippen molar-refractivity contribution in [3.05, 3.63) is 74.8 Å². The van der Waals surface area contributed by atoms with Gasteiger partial charge in [-0.25, -0.2) is 0 Å². The standard InChI is InChI=1S/C20H20ClN3O3/c1-13-16(19(25)22-12-14-3-5-15(21)6-4-14)11-17-18(23-13)7-8-24(20(17)26)9-10-27-2/h3-8,11H,9-10,12H2,1-2H3,(H,22,25). The Hall–Kier alpha value is -2.70. The molecule has 0 unspecified atom stereocenters. The Bertz CT molecular complexity index is 1030. The molecule has 6 nitrogen and oxygen atoms in total. The number of methoxy groups -OCH3 is 1. The van der Waals surface area contributed by atoms with Crippen LogP contribution < -0.4 is 10.9 Å². The molecule has 2 heterocycles. The lowest BCUT2D eigenvalue weighted by atomic mass is 10.1. The highest BCUT2D eigenvalue weighted by Gasteiger charge is 2.14. The second kappa shape index (κ2) is 8.33. The third kappa shape index (κ3) is 4.35. The van der Waals surface area contributed by atoms with E-state index in [2.05, 4.69) is 10.3 Å². The number of amides is 1. The highest BCUT2D eigenvalue weighted by molar-refractivity contribution is 6.30. The van der Waals surface area contributed by atoms with E-state index in [0.29, 0.717) is 46.9 Å². The van der Waals surface area contributed by atoms with E-state index in [4.69, 9.17) is 16.3 Å². The summed E-state index contributed by atoms with van der Waals surface area (Å²) in [6.07, 6.45) is 1.69. The Balaban J connectivity index is 1.87. The van der Waals surface area contributed by atoms with Gasteiger partial charge in [0.1, 0.15) is 0 Å². The Morgan fingerprint density at radius 3 is 2.70 bits per heavy atom. The van der Waals surface area contributed by atoms with Gasteiger partial charge in [-0.1, -0.05) is 23.7 Å². The number of aromatic nitrogens is 2.